The largest absolute Gasteiger partial charge is 0.463 e. The molecule has 1 aliphatic heterocycles. The van der Waals surface area contributed by atoms with E-state index < -0.39 is 5.97 Å². The number of ether oxygens (including phenoxy) is 1. The molecule has 0 N–H and O–H groups in total. The van der Waals surface area contributed by atoms with E-state index in [0.717, 1.165) is 11.1 Å². The number of amides is 1. The monoisotopic (exact) mass is 271 g/mol. The third-order valence-electron chi connectivity index (χ3n) is 3.29. The number of benzene rings is 1. The Kier molecular flexibility index (Phi) is 3.02. The van der Waals surface area contributed by atoms with Gasteiger partial charge in [-0.1, -0.05) is 18.2 Å². The van der Waals surface area contributed by atoms with E-state index >= 15 is 0 Å². The summed E-state index contributed by atoms with van der Waals surface area (Å²) in [5, 5.41) is 0. The third-order valence-corrected chi connectivity index (χ3v) is 3.29. The van der Waals surface area contributed by atoms with Crippen LogP contribution in [0.15, 0.2) is 40.8 Å². The summed E-state index contributed by atoms with van der Waals surface area (Å²) in [6.45, 7) is 0.897. The predicted octanol–water partition coefficient (Wildman–Crippen LogP) is 2.22. The number of carbonyl (C=O) groups excluding carboxylic acids is 2. The molecule has 5 nitrogen and oxygen atoms in total. The molecule has 20 heavy (non-hydrogen) atoms. The summed E-state index contributed by atoms with van der Waals surface area (Å²) in [5.74, 6) is 0.169. The SMILES string of the molecule is COC(=O)c1ccc(CN2Cc3ccccc3C2=O)o1. The lowest BCUT2D eigenvalue weighted by Gasteiger charge is -2.13. The van der Waals surface area contributed by atoms with Gasteiger partial charge in [-0.3, -0.25) is 4.79 Å². The van der Waals surface area contributed by atoms with Crippen LogP contribution in [0, 0.1) is 0 Å². The number of fused-ring (bicyclic) bond motifs is 1. The van der Waals surface area contributed by atoms with E-state index in [1.54, 1.807) is 17.0 Å². The van der Waals surface area contributed by atoms with Gasteiger partial charge in [0.15, 0.2) is 0 Å². The molecule has 0 saturated carbocycles. The first kappa shape index (κ1) is 12.5. The van der Waals surface area contributed by atoms with Crippen LogP contribution >= 0.6 is 0 Å². The van der Waals surface area contributed by atoms with Gasteiger partial charge in [-0.2, -0.15) is 0 Å². The standard InChI is InChI=1S/C15H13NO4/c1-19-15(18)13-7-6-11(20-13)9-16-8-10-4-2-3-5-12(10)14(16)17/h2-7H,8-9H2,1H3. The highest BCUT2D eigenvalue weighted by Gasteiger charge is 2.27. The van der Waals surface area contributed by atoms with Crippen LogP contribution in [0.2, 0.25) is 0 Å². The number of esters is 1. The van der Waals surface area contributed by atoms with Gasteiger partial charge in [0.25, 0.3) is 5.91 Å². The van der Waals surface area contributed by atoms with Crippen LogP contribution < -0.4 is 0 Å². The van der Waals surface area contributed by atoms with Crippen molar-refractivity contribution in [2.24, 2.45) is 0 Å². The lowest BCUT2D eigenvalue weighted by molar-refractivity contribution is 0.0561. The minimum absolute atomic E-state index is 0.0170. The number of hydrogen-bond acceptors (Lipinski definition) is 4. The number of methoxy groups -OCH3 is 1. The summed E-state index contributed by atoms with van der Waals surface area (Å²) >= 11 is 0. The summed E-state index contributed by atoms with van der Waals surface area (Å²) in [5.41, 5.74) is 1.74. The predicted molar refractivity (Wildman–Crippen MR) is 70.1 cm³/mol. The molecule has 5 heteroatoms. The maximum atomic E-state index is 12.2. The van der Waals surface area contributed by atoms with Crippen LogP contribution in [-0.4, -0.2) is 23.9 Å². The van der Waals surface area contributed by atoms with E-state index in [1.807, 2.05) is 24.3 Å². The number of hydrogen-bond donors (Lipinski definition) is 0. The minimum atomic E-state index is -0.521. The highest BCUT2D eigenvalue weighted by atomic mass is 16.5. The normalized spacial score (nSPS) is 13.4. The minimum Gasteiger partial charge on any atom is -0.463 e. The zero-order valence-electron chi connectivity index (χ0n) is 11.0. The van der Waals surface area contributed by atoms with Gasteiger partial charge in [0.05, 0.1) is 13.7 Å². The van der Waals surface area contributed by atoms with Gasteiger partial charge in [-0.05, 0) is 23.8 Å². The summed E-state index contributed by atoms with van der Waals surface area (Å²) in [4.78, 5) is 25.2. The molecule has 0 saturated heterocycles. The summed E-state index contributed by atoms with van der Waals surface area (Å²) in [7, 11) is 1.30. The molecule has 0 atom stereocenters. The van der Waals surface area contributed by atoms with Crippen LogP contribution in [0.5, 0.6) is 0 Å². The van der Waals surface area contributed by atoms with Crippen molar-refractivity contribution in [2.75, 3.05) is 7.11 Å². The molecule has 1 aromatic heterocycles. The highest BCUT2D eigenvalue weighted by molar-refractivity contribution is 5.98. The molecule has 0 spiro atoms. The smallest absolute Gasteiger partial charge is 0.373 e. The van der Waals surface area contributed by atoms with Gasteiger partial charge in [0.1, 0.15) is 5.76 Å². The molecule has 0 bridgehead atoms. The van der Waals surface area contributed by atoms with E-state index in [9.17, 15) is 9.59 Å². The number of furan rings is 1. The lowest BCUT2D eigenvalue weighted by Crippen LogP contribution is -2.22. The van der Waals surface area contributed by atoms with Gasteiger partial charge >= 0.3 is 5.97 Å². The van der Waals surface area contributed by atoms with Gasteiger partial charge in [0, 0.05) is 12.1 Å². The van der Waals surface area contributed by atoms with Gasteiger partial charge in [-0.15, -0.1) is 0 Å². The average molecular weight is 271 g/mol. The van der Waals surface area contributed by atoms with E-state index in [0.29, 0.717) is 18.8 Å². The second-order valence-corrected chi connectivity index (χ2v) is 4.58. The molecule has 2 aromatic rings. The van der Waals surface area contributed by atoms with E-state index in [-0.39, 0.29) is 11.7 Å². The van der Waals surface area contributed by atoms with Crippen LogP contribution in [0.25, 0.3) is 0 Å². The molecule has 0 aliphatic carbocycles. The van der Waals surface area contributed by atoms with E-state index in [1.165, 1.54) is 7.11 Å². The Bertz CT molecular complexity index is 674. The Morgan fingerprint density at radius 3 is 2.85 bits per heavy atom. The quantitative estimate of drug-likeness (QED) is 0.803. The van der Waals surface area contributed by atoms with Crippen LogP contribution in [0.4, 0.5) is 0 Å². The average Bonchev–Trinajstić information content (AvgIpc) is 3.05. The highest BCUT2D eigenvalue weighted by Crippen LogP contribution is 2.24. The van der Waals surface area contributed by atoms with Gasteiger partial charge in [0.2, 0.25) is 5.76 Å². The molecular formula is C15H13NO4. The summed E-state index contributed by atoms with van der Waals surface area (Å²) < 4.78 is 9.96. The first-order valence-corrected chi connectivity index (χ1v) is 6.23. The van der Waals surface area contributed by atoms with Crippen LogP contribution in [-0.2, 0) is 17.8 Å². The Morgan fingerprint density at radius 1 is 1.30 bits per heavy atom. The molecule has 3 rings (SSSR count). The van der Waals surface area contributed by atoms with Crippen LogP contribution in [0.3, 0.4) is 0 Å². The van der Waals surface area contributed by atoms with Crippen molar-refractivity contribution < 1.29 is 18.7 Å². The molecule has 0 radical (unpaired) electrons. The maximum absolute atomic E-state index is 12.2. The van der Waals surface area contributed by atoms with Gasteiger partial charge < -0.3 is 14.1 Å². The molecular weight excluding hydrogens is 258 g/mol. The fourth-order valence-corrected chi connectivity index (χ4v) is 2.30. The van der Waals surface area contributed by atoms with E-state index in [4.69, 9.17) is 4.42 Å². The maximum Gasteiger partial charge on any atom is 0.373 e. The second-order valence-electron chi connectivity index (χ2n) is 4.58. The van der Waals surface area contributed by atoms with Crippen molar-refractivity contribution in [3.8, 4) is 0 Å². The molecule has 0 unspecified atom stereocenters. The Hall–Kier alpha value is -2.56. The summed E-state index contributed by atoms with van der Waals surface area (Å²) in [6.07, 6.45) is 0. The Morgan fingerprint density at radius 2 is 2.10 bits per heavy atom. The lowest BCUT2D eigenvalue weighted by atomic mass is 10.1. The van der Waals surface area contributed by atoms with Crippen molar-refractivity contribution in [3.05, 3.63) is 59.0 Å². The van der Waals surface area contributed by atoms with Gasteiger partial charge in [-0.25, -0.2) is 4.79 Å². The molecule has 1 aliphatic rings. The molecule has 1 aromatic carbocycles. The Balaban J connectivity index is 1.76. The van der Waals surface area contributed by atoms with Crippen molar-refractivity contribution >= 4 is 11.9 Å². The topological polar surface area (TPSA) is 59.8 Å². The fourth-order valence-electron chi connectivity index (χ4n) is 2.30. The first-order chi connectivity index (χ1) is 9.69. The van der Waals surface area contributed by atoms with Crippen molar-refractivity contribution in [2.45, 2.75) is 13.1 Å². The van der Waals surface area contributed by atoms with Crippen molar-refractivity contribution in [3.63, 3.8) is 0 Å². The van der Waals surface area contributed by atoms with Crippen molar-refractivity contribution in [1.82, 2.24) is 4.90 Å². The molecule has 1 amide bonds. The van der Waals surface area contributed by atoms with Crippen molar-refractivity contribution in [1.29, 1.82) is 0 Å². The molecule has 2 heterocycles. The van der Waals surface area contributed by atoms with Crippen LogP contribution in [0.1, 0.15) is 32.2 Å². The van der Waals surface area contributed by atoms with E-state index in [2.05, 4.69) is 4.74 Å². The number of nitrogens with zero attached hydrogens (tertiary/aromatic N) is 1. The second kappa shape index (κ2) is 4.85. The number of carbonyl (C=O) groups is 2. The zero-order chi connectivity index (χ0) is 14.1. The number of rotatable bonds is 3. The third kappa shape index (κ3) is 2.07. The zero-order valence-corrected chi connectivity index (χ0v) is 11.0. The Labute approximate surface area is 115 Å². The summed E-state index contributed by atoms with van der Waals surface area (Å²) in [6, 6.07) is 10.8. The fraction of sp³-hybridized carbons (Fsp3) is 0.200. The molecule has 102 valence electrons. The molecule has 0 fully saturated rings. The first-order valence-electron chi connectivity index (χ1n) is 6.23.